The number of fused-ring (bicyclic) bond motifs is 1. The zero-order valence-electron chi connectivity index (χ0n) is 21.4. The quantitative estimate of drug-likeness (QED) is 0.296. The standard InChI is InChI=1S/C29H25F5N4O2/c1-17-4-6-19(7-5-17)22-3-2-9-35-27(22)24(13-18-11-20(30)14-21(31)12-18)36-26(39)15-38-25-16-40-10-8-23(25)28(37-38)29(32,33)34/h2-7,9,11-12,14,24H,8,10,13,15-16H2,1H3,(H,36,39)/t24-/m0/s1. The summed E-state index contributed by atoms with van der Waals surface area (Å²) in [6.07, 6.45) is -3.13. The summed E-state index contributed by atoms with van der Waals surface area (Å²) in [5.74, 6) is -2.20. The van der Waals surface area contributed by atoms with E-state index in [9.17, 15) is 26.7 Å². The number of aromatic nitrogens is 3. The molecule has 0 saturated carbocycles. The Morgan fingerprint density at radius 3 is 2.52 bits per heavy atom. The molecule has 1 amide bonds. The first-order valence-electron chi connectivity index (χ1n) is 12.6. The van der Waals surface area contributed by atoms with E-state index in [0.717, 1.165) is 34.0 Å². The molecule has 0 fully saturated rings. The fraction of sp³-hybridized carbons (Fsp3) is 0.276. The van der Waals surface area contributed by atoms with Crippen molar-refractivity contribution in [1.82, 2.24) is 20.1 Å². The number of amides is 1. The molecule has 5 rings (SSSR count). The summed E-state index contributed by atoms with van der Waals surface area (Å²) in [7, 11) is 0. The Hall–Kier alpha value is -4.12. The molecule has 11 heteroatoms. The molecule has 208 valence electrons. The molecule has 0 aliphatic carbocycles. The zero-order valence-corrected chi connectivity index (χ0v) is 21.4. The normalized spacial score (nSPS) is 14.1. The van der Waals surface area contributed by atoms with Crippen molar-refractivity contribution >= 4 is 5.91 Å². The number of rotatable bonds is 7. The molecule has 0 spiro atoms. The highest BCUT2D eigenvalue weighted by molar-refractivity contribution is 5.77. The lowest BCUT2D eigenvalue weighted by Crippen LogP contribution is -2.34. The third-order valence-corrected chi connectivity index (χ3v) is 6.69. The van der Waals surface area contributed by atoms with Crippen molar-refractivity contribution in [3.05, 3.63) is 106 Å². The number of nitrogens with zero attached hydrogens (tertiary/aromatic N) is 3. The van der Waals surface area contributed by atoms with Gasteiger partial charge in [-0.3, -0.25) is 14.5 Å². The van der Waals surface area contributed by atoms with Gasteiger partial charge < -0.3 is 10.1 Å². The number of hydrogen-bond donors (Lipinski definition) is 1. The van der Waals surface area contributed by atoms with Gasteiger partial charge in [-0.25, -0.2) is 8.78 Å². The molecule has 0 bridgehead atoms. The van der Waals surface area contributed by atoms with Crippen LogP contribution in [-0.2, 0) is 41.7 Å². The first-order chi connectivity index (χ1) is 19.1. The predicted molar refractivity (Wildman–Crippen MR) is 136 cm³/mol. The van der Waals surface area contributed by atoms with Gasteiger partial charge in [-0.2, -0.15) is 18.3 Å². The molecule has 40 heavy (non-hydrogen) atoms. The first-order valence-corrected chi connectivity index (χ1v) is 12.6. The lowest BCUT2D eigenvalue weighted by Gasteiger charge is -2.22. The van der Waals surface area contributed by atoms with Gasteiger partial charge in [-0.05, 0) is 49.1 Å². The van der Waals surface area contributed by atoms with Gasteiger partial charge in [0.15, 0.2) is 5.69 Å². The van der Waals surface area contributed by atoms with E-state index in [1.807, 2.05) is 37.3 Å². The monoisotopic (exact) mass is 556 g/mol. The van der Waals surface area contributed by atoms with Crippen LogP contribution in [0.2, 0.25) is 0 Å². The number of aryl methyl sites for hydroxylation is 1. The van der Waals surface area contributed by atoms with Gasteiger partial charge in [0.05, 0.1) is 30.6 Å². The summed E-state index contributed by atoms with van der Waals surface area (Å²) in [5.41, 5.74) is 2.43. The molecule has 0 unspecified atom stereocenters. The van der Waals surface area contributed by atoms with Crippen LogP contribution in [-0.4, -0.2) is 27.3 Å². The molecule has 0 radical (unpaired) electrons. The van der Waals surface area contributed by atoms with Crippen LogP contribution in [0.3, 0.4) is 0 Å². The molecule has 1 atom stereocenters. The van der Waals surface area contributed by atoms with Crippen molar-refractivity contribution in [2.75, 3.05) is 6.61 Å². The van der Waals surface area contributed by atoms with Crippen molar-refractivity contribution < 1.29 is 31.5 Å². The largest absolute Gasteiger partial charge is 0.435 e. The van der Waals surface area contributed by atoms with Gasteiger partial charge in [0.1, 0.15) is 18.2 Å². The number of pyridine rings is 1. The van der Waals surface area contributed by atoms with E-state index in [-0.39, 0.29) is 42.9 Å². The Kier molecular flexibility index (Phi) is 7.66. The Labute approximate surface area is 226 Å². The average Bonchev–Trinajstić information content (AvgIpc) is 3.27. The van der Waals surface area contributed by atoms with E-state index < -0.39 is 42.0 Å². The number of hydrogen-bond acceptors (Lipinski definition) is 4. The summed E-state index contributed by atoms with van der Waals surface area (Å²) < 4.78 is 75.2. The summed E-state index contributed by atoms with van der Waals surface area (Å²) in [6, 6.07) is 13.4. The fourth-order valence-corrected chi connectivity index (χ4v) is 4.89. The van der Waals surface area contributed by atoms with E-state index in [2.05, 4.69) is 15.4 Å². The fourth-order valence-electron chi connectivity index (χ4n) is 4.89. The molecule has 3 heterocycles. The highest BCUT2D eigenvalue weighted by atomic mass is 19.4. The van der Waals surface area contributed by atoms with Crippen molar-refractivity contribution in [2.24, 2.45) is 0 Å². The molecular formula is C29H25F5N4O2. The van der Waals surface area contributed by atoms with Crippen molar-refractivity contribution in [1.29, 1.82) is 0 Å². The average molecular weight is 557 g/mol. The zero-order chi connectivity index (χ0) is 28.4. The van der Waals surface area contributed by atoms with Crippen molar-refractivity contribution in [3.63, 3.8) is 0 Å². The van der Waals surface area contributed by atoms with Crippen LogP contribution in [0.5, 0.6) is 0 Å². The number of carbonyl (C=O) groups excluding carboxylic acids is 1. The van der Waals surface area contributed by atoms with Gasteiger partial charge >= 0.3 is 6.18 Å². The Morgan fingerprint density at radius 2 is 1.82 bits per heavy atom. The van der Waals surface area contributed by atoms with Crippen molar-refractivity contribution in [2.45, 2.75) is 45.1 Å². The minimum absolute atomic E-state index is 0.0183. The number of carbonyl (C=O) groups is 1. The van der Waals surface area contributed by atoms with Crippen LogP contribution >= 0.6 is 0 Å². The second-order valence-corrected chi connectivity index (χ2v) is 9.64. The maximum atomic E-state index is 14.0. The third-order valence-electron chi connectivity index (χ3n) is 6.69. The Morgan fingerprint density at radius 1 is 1.10 bits per heavy atom. The second kappa shape index (κ2) is 11.2. The van der Waals surface area contributed by atoms with Gasteiger partial charge in [0.2, 0.25) is 5.91 Å². The van der Waals surface area contributed by atoms with Crippen LogP contribution in [0, 0.1) is 18.6 Å². The van der Waals surface area contributed by atoms with E-state index in [0.29, 0.717) is 11.3 Å². The van der Waals surface area contributed by atoms with Crippen molar-refractivity contribution in [3.8, 4) is 11.1 Å². The topological polar surface area (TPSA) is 69.0 Å². The van der Waals surface area contributed by atoms with Gasteiger partial charge in [0.25, 0.3) is 0 Å². The molecule has 2 aromatic heterocycles. The molecule has 2 aromatic carbocycles. The van der Waals surface area contributed by atoms with E-state index in [1.165, 1.54) is 6.20 Å². The second-order valence-electron chi connectivity index (χ2n) is 9.64. The van der Waals surface area contributed by atoms with Gasteiger partial charge in [0, 0.05) is 23.4 Å². The molecule has 1 aliphatic heterocycles. The van der Waals surface area contributed by atoms with E-state index >= 15 is 0 Å². The Balaban J connectivity index is 1.49. The van der Waals surface area contributed by atoms with Crippen LogP contribution in [0.15, 0.2) is 60.8 Å². The molecular weight excluding hydrogens is 531 g/mol. The molecule has 0 saturated heterocycles. The highest BCUT2D eigenvalue weighted by Gasteiger charge is 2.40. The number of nitrogens with one attached hydrogen (secondary N) is 1. The minimum atomic E-state index is -4.68. The molecule has 4 aromatic rings. The highest BCUT2D eigenvalue weighted by Crippen LogP contribution is 2.35. The maximum absolute atomic E-state index is 14.0. The smallest absolute Gasteiger partial charge is 0.375 e. The van der Waals surface area contributed by atoms with E-state index in [4.69, 9.17) is 4.74 Å². The lowest BCUT2D eigenvalue weighted by atomic mass is 9.95. The number of alkyl halides is 3. The first kappa shape index (κ1) is 27.4. The number of halogens is 5. The van der Waals surface area contributed by atoms with Gasteiger partial charge in [-0.1, -0.05) is 35.9 Å². The minimum Gasteiger partial charge on any atom is -0.375 e. The summed E-state index contributed by atoms with van der Waals surface area (Å²) in [6.45, 7) is 1.46. The van der Waals surface area contributed by atoms with Gasteiger partial charge in [-0.15, -0.1) is 0 Å². The summed E-state index contributed by atoms with van der Waals surface area (Å²) in [4.78, 5) is 17.8. The Bertz CT molecular complexity index is 1510. The molecule has 1 aliphatic rings. The van der Waals surface area contributed by atoms with Crippen LogP contribution in [0.4, 0.5) is 22.0 Å². The molecule has 6 nitrogen and oxygen atoms in total. The van der Waals surface area contributed by atoms with Crippen LogP contribution < -0.4 is 5.32 Å². The lowest BCUT2D eigenvalue weighted by molar-refractivity contribution is -0.142. The third kappa shape index (κ3) is 6.04. The predicted octanol–water partition coefficient (Wildman–Crippen LogP) is 5.72. The molecule has 1 N–H and O–H groups in total. The number of benzene rings is 2. The summed E-state index contributed by atoms with van der Waals surface area (Å²) in [5, 5.41) is 6.52. The maximum Gasteiger partial charge on any atom is 0.435 e. The van der Waals surface area contributed by atoms with E-state index in [1.54, 1.807) is 6.07 Å². The summed E-state index contributed by atoms with van der Waals surface area (Å²) >= 11 is 0. The van der Waals surface area contributed by atoms with Crippen LogP contribution in [0.25, 0.3) is 11.1 Å². The number of ether oxygens (including phenoxy) is 1. The SMILES string of the molecule is Cc1ccc(-c2cccnc2[C@H](Cc2cc(F)cc(F)c2)NC(=O)Cn2nc(C(F)(F)F)c3c2COCC3)cc1. The van der Waals surface area contributed by atoms with Crippen LogP contribution in [0.1, 0.15) is 39.8 Å².